The third kappa shape index (κ3) is 3.15. The number of hydrogen-bond donors (Lipinski definition) is 0. The first-order valence-electron chi connectivity index (χ1n) is 13.2. The van der Waals surface area contributed by atoms with Crippen molar-refractivity contribution in [3.8, 4) is 28.3 Å². The molecule has 8 rings (SSSR count). The Morgan fingerprint density at radius 3 is 2.26 bits per heavy atom. The maximum Gasteiger partial charge on any atom is 0.235 e. The summed E-state index contributed by atoms with van der Waals surface area (Å²) in [5.74, 6) is 0.677. The molecule has 0 aliphatic heterocycles. The third-order valence-electron chi connectivity index (χ3n) is 8.30. The summed E-state index contributed by atoms with van der Waals surface area (Å²) in [6.45, 7) is 4.64. The second-order valence-corrected chi connectivity index (χ2v) is 11.7. The van der Waals surface area contributed by atoms with Crippen LogP contribution in [0.3, 0.4) is 0 Å². The number of para-hydroxylation sites is 2. The molecule has 1 aliphatic rings. The molecule has 39 heavy (non-hydrogen) atoms. The number of halogens is 1. The monoisotopic (exact) mass is 565 g/mol. The molecule has 0 bridgehead atoms. The Hall–Kier alpha value is -4.28. The van der Waals surface area contributed by atoms with Crippen LogP contribution in [0.4, 0.5) is 0 Å². The van der Waals surface area contributed by atoms with Crippen LogP contribution in [0.1, 0.15) is 25.0 Å². The van der Waals surface area contributed by atoms with Gasteiger partial charge in [0.2, 0.25) is 5.95 Å². The Bertz CT molecular complexity index is 2120. The van der Waals surface area contributed by atoms with Gasteiger partial charge in [-0.05, 0) is 52.6 Å². The highest BCUT2D eigenvalue weighted by Crippen LogP contribution is 2.49. The summed E-state index contributed by atoms with van der Waals surface area (Å²) in [6, 6.07) is 38.7. The maximum atomic E-state index is 5.30. The lowest BCUT2D eigenvalue weighted by atomic mass is 9.82. The molecule has 0 unspecified atom stereocenters. The zero-order valence-corrected chi connectivity index (χ0v) is 23.2. The molecule has 0 N–H and O–H groups in total. The van der Waals surface area contributed by atoms with E-state index in [1.807, 2.05) is 6.07 Å². The standard InChI is InChI=1S/C35H24BrN3/c1-35(2)26-13-6-3-10-22(26)23-19-18-21(20-27(23)35)33-24-11-4-7-15-29(24)37-34(38-33)39-30-16-8-5-12-25(30)32-28(36)14-9-17-31(32)39/h3-20H,1-2H3. The van der Waals surface area contributed by atoms with Crippen molar-refractivity contribution < 1.29 is 0 Å². The molecule has 0 saturated carbocycles. The molecule has 1 aliphatic carbocycles. The number of aromatic nitrogens is 3. The third-order valence-corrected chi connectivity index (χ3v) is 8.96. The first kappa shape index (κ1) is 22.7. The molecule has 186 valence electrons. The van der Waals surface area contributed by atoms with Gasteiger partial charge in [0.05, 0.1) is 22.2 Å². The molecule has 0 atom stereocenters. The Morgan fingerprint density at radius 2 is 1.36 bits per heavy atom. The van der Waals surface area contributed by atoms with E-state index in [0.717, 1.165) is 37.7 Å². The molecule has 0 amide bonds. The zero-order chi connectivity index (χ0) is 26.3. The molecule has 2 aromatic heterocycles. The molecule has 4 heteroatoms. The quantitative estimate of drug-likeness (QED) is 0.209. The molecular weight excluding hydrogens is 542 g/mol. The van der Waals surface area contributed by atoms with Gasteiger partial charge in [-0.1, -0.05) is 109 Å². The fourth-order valence-corrected chi connectivity index (χ4v) is 7.00. The number of fused-ring (bicyclic) bond motifs is 7. The van der Waals surface area contributed by atoms with E-state index in [4.69, 9.17) is 9.97 Å². The summed E-state index contributed by atoms with van der Waals surface area (Å²) in [5.41, 5.74) is 10.4. The largest absolute Gasteiger partial charge is 0.278 e. The van der Waals surface area contributed by atoms with Gasteiger partial charge in [-0.15, -0.1) is 0 Å². The highest BCUT2D eigenvalue weighted by molar-refractivity contribution is 9.10. The Morgan fingerprint density at radius 1 is 0.641 bits per heavy atom. The molecule has 2 heterocycles. The van der Waals surface area contributed by atoms with Crippen LogP contribution in [-0.2, 0) is 5.41 Å². The van der Waals surface area contributed by atoms with Crippen molar-refractivity contribution in [2.24, 2.45) is 0 Å². The summed E-state index contributed by atoms with van der Waals surface area (Å²) in [7, 11) is 0. The van der Waals surface area contributed by atoms with Crippen molar-refractivity contribution in [1.29, 1.82) is 0 Å². The van der Waals surface area contributed by atoms with Crippen LogP contribution in [0.25, 0.3) is 61.0 Å². The molecule has 5 aromatic carbocycles. The minimum Gasteiger partial charge on any atom is -0.278 e. The van der Waals surface area contributed by atoms with E-state index in [1.54, 1.807) is 0 Å². The fourth-order valence-electron chi connectivity index (χ4n) is 6.43. The van der Waals surface area contributed by atoms with Gasteiger partial charge in [0.25, 0.3) is 0 Å². The van der Waals surface area contributed by atoms with Gasteiger partial charge in [-0.3, -0.25) is 4.57 Å². The summed E-state index contributed by atoms with van der Waals surface area (Å²) >= 11 is 3.79. The van der Waals surface area contributed by atoms with Crippen LogP contribution >= 0.6 is 15.9 Å². The van der Waals surface area contributed by atoms with Gasteiger partial charge in [-0.2, -0.15) is 0 Å². The van der Waals surface area contributed by atoms with Crippen LogP contribution in [-0.4, -0.2) is 14.5 Å². The maximum absolute atomic E-state index is 5.30. The average Bonchev–Trinajstić information content (AvgIpc) is 3.42. The van der Waals surface area contributed by atoms with E-state index in [1.165, 1.54) is 33.0 Å². The topological polar surface area (TPSA) is 30.7 Å². The molecular formula is C35H24BrN3. The lowest BCUT2D eigenvalue weighted by Crippen LogP contribution is -2.15. The second kappa shape index (κ2) is 8.11. The van der Waals surface area contributed by atoms with E-state index < -0.39 is 0 Å². The first-order valence-corrected chi connectivity index (χ1v) is 14.0. The highest BCUT2D eigenvalue weighted by atomic mass is 79.9. The van der Waals surface area contributed by atoms with Gasteiger partial charge < -0.3 is 0 Å². The smallest absolute Gasteiger partial charge is 0.235 e. The van der Waals surface area contributed by atoms with Crippen molar-refractivity contribution in [2.45, 2.75) is 19.3 Å². The summed E-state index contributed by atoms with van der Waals surface area (Å²) in [5, 5.41) is 3.40. The molecule has 0 spiro atoms. The van der Waals surface area contributed by atoms with Crippen molar-refractivity contribution in [3.63, 3.8) is 0 Å². The number of rotatable bonds is 2. The van der Waals surface area contributed by atoms with Gasteiger partial charge >= 0.3 is 0 Å². The lowest BCUT2D eigenvalue weighted by Gasteiger charge is -2.22. The van der Waals surface area contributed by atoms with E-state index >= 15 is 0 Å². The minimum atomic E-state index is -0.0767. The normalized spacial score (nSPS) is 13.7. The summed E-state index contributed by atoms with van der Waals surface area (Å²) in [4.78, 5) is 10.4. The summed E-state index contributed by atoms with van der Waals surface area (Å²) < 4.78 is 3.26. The Labute approximate surface area is 234 Å². The lowest BCUT2D eigenvalue weighted by molar-refractivity contribution is 0.660. The Balaban J connectivity index is 1.42. The van der Waals surface area contributed by atoms with Crippen LogP contribution in [0, 0.1) is 0 Å². The predicted molar refractivity (Wildman–Crippen MR) is 165 cm³/mol. The SMILES string of the molecule is CC1(C)c2ccccc2-c2ccc(-c3nc(-n4c5ccccc5c5c(Br)cccc54)nc4ccccc34)cc21. The van der Waals surface area contributed by atoms with Crippen molar-refractivity contribution in [3.05, 3.63) is 125 Å². The molecule has 0 saturated heterocycles. The van der Waals surface area contributed by atoms with E-state index in [9.17, 15) is 0 Å². The second-order valence-electron chi connectivity index (χ2n) is 10.8. The average molecular weight is 567 g/mol. The van der Waals surface area contributed by atoms with E-state index in [2.05, 4.69) is 137 Å². The van der Waals surface area contributed by atoms with Gasteiger partial charge in [0.15, 0.2) is 0 Å². The number of hydrogen-bond acceptors (Lipinski definition) is 2. The van der Waals surface area contributed by atoms with Gasteiger partial charge in [0.1, 0.15) is 0 Å². The van der Waals surface area contributed by atoms with Crippen LogP contribution in [0.2, 0.25) is 0 Å². The van der Waals surface area contributed by atoms with Crippen LogP contribution in [0.15, 0.2) is 114 Å². The molecule has 7 aromatic rings. The molecule has 0 radical (unpaired) electrons. The molecule has 3 nitrogen and oxygen atoms in total. The Kier molecular flexibility index (Phi) is 4.72. The van der Waals surface area contributed by atoms with Crippen LogP contribution in [0.5, 0.6) is 0 Å². The van der Waals surface area contributed by atoms with E-state index in [0.29, 0.717) is 5.95 Å². The van der Waals surface area contributed by atoms with Crippen molar-refractivity contribution >= 4 is 48.6 Å². The minimum absolute atomic E-state index is 0.0767. The fraction of sp³-hybridized carbons (Fsp3) is 0.0857. The van der Waals surface area contributed by atoms with Gasteiger partial charge in [-0.25, -0.2) is 9.97 Å². The van der Waals surface area contributed by atoms with Crippen molar-refractivity contribution in [1.82, 2.24) is 14.5 Å². The summed E-state index contributed by atoms with van der Waals surface area (Å²) in [6.07, 6.45) is 0. The van der Waals surface area contributed by atoms with Crippen LogP contribution < -0.4 is 0 Å². The van der Waals surface area contributed by atoms with Gasteiger partial charge in [0, 0.05) is 31.6 Å². The number of benzene rings is 5. The predicted octanol–water partition coefficient (Wildman–Crippen LogP) is 9.46. The zero-order valence-electron chi connectivity index (χ0n) is 21.6. The van der Waals surface area contributed by atoms with E-state index in [-0.39, 0.29) is 5.41 Å². The molecule has 0 fully saturated rings. The first-order chi connectivity index (χ1) is 19.0. The highest BCUT2D eigenvalue weighted by Gasteiger charge is 2.35. The van der Waals surface area contributed by atoms with Crippen molar-refractivity contribution in [2.75, 3.05) is 0 Å². The number of nitrogens with zero attached hydrogens (tertiary/aromatic N) is 3.